The van der Waals surface area contributed by atoms with Crippen molar-refractivity contribution in [3.8, 4) is 0 Å². The Morgan fingerprint density at radius 1 is 1.21 bits per heavy atom. The van der Waals surface area contributed by atoms with Gasteiger partial charge in [-0.1, -0.05) is 0 Å². The molecule has 0 saturated heterocycles. The summed E-state index contributed by atoms with van der Waals surface area (Å²) in [6, 6.07) is 3.28. The van der Waals surface area contributed by atoms with E-state index >= 15 is 0 Å². The Morgan fingerprint density at radius 2 is 1.93 bits per heavy atom. The van der Waals surface area contributed by atoms with Crippen molar-refractivity contribution in [2.45, 2.75) is 12.6 Å². The van der Waals surface area contributed by atoms with E-state index in [1.165, 1.54) is 0 Å². The molecule has 152 valence electrons. The second kappa shape index (κ2) is 8.78. The molecule has 0 saturated carbocycles. The SMILES string of the molecule is CN(C)CCCNc1nc(Nc2ccc(F)cc2[N+](=O)[O-])cc(C(F)(F)F)n1. The van der Waals surface area contributed by atoms with E-state index in [2.05, 4.69) is 20.6 Å². The molecule has 0 bridgehead atoms. The average Bonchev–Trinajstić information content (AvgIpc) is 2.59. The number of benzene rings is 1. The Bertz CT molecular complexity index is 844. The number of alkyl halides is 3. The van der Waals surface area contributed by atoms with Gasteiger partial charge in [-0.2, -0.15) is 18.2 Å². The normalized spacial score (nSPS) is 11.5. The van der Waals surface area contributed by atoms with E-state index in [1.54, 1.807) is 0 Å². The Morgan fingerprint density at radius 3 is 2.54 bits per heavy atom. The number of rotatable bonds is 8. The van der Waals surface area contributed by atoms with Crippen LogP contribution in [0.15, 0.2) is 24.3 Å². The highest BCUT2D eigenvalue weighted by atomic mass is 19.4. The third kappa shape index (κ3) is 6.01. The van der Waals surface area contributed by atoms with Gasteiger partial charge in [-0.3, -0.25) is 10.1 Å². The van der Waals surface area contributed by atoms with Crippen LogP contribution in [0.1, 0.15) is 12.1 Å². The van der Waals surface area contributed by atoms with Crippen LogP contribution < -0.4 is 10.6 Å². The number of nitro benzene ring substituents is 1. The number of halogens is 4. The zero-order valence-electron chi connectivity index (χ0n) is 15.0. The number of nitrogens with zero attached hydrogens (tertiary/aromatic N) is 4. The predicted molar refractivity (Wildman–Crippen MR) is 95.0 cm³/mol. The lowest BCUT2D eigenvalue weighted by atomic mass is 10.2. The molecule has 1 heterocycles. The van der Waals surface area contributed by atoms with E-state index in [9.17, 15) is 27.7 Å². The summed E-state index contributed by atoms with van der Waals surface area (Å²) in [5.74, 6) is -1.44. The molecule has 0 aliphatic carbocycles. The van der Waals surface area contributed by atoms with Crippen molar-refractivity contribution in [1.29, 1.82) is 0 Å². The molecule has 0 spiro atoms. The molecule has 1 aromatic heterocycles. The van der Waals surface area contributed by atoms with Crippen LogP contribution >= 0.6 is 0 Å². The Balaban J connectivity index is 2.30. The van der Waals surface area contributed by atoms with Crippen molar-refractivity contribution in [2.75, 3.05) is 37.8 Å². The van der Waals surface area contributed by atoms with Gasteiger partial charge in [0.1, 0.15) is 17.3 Å². The molecule has 0 radical (unpaired) electrons. The quantitative estimate of drug-likeness (QED) is 0.301. The van der Waals surface area contributed by atoms with Crippen LogP contribution in [0.2, 0.25) is 0 Å². The van der Waals surface area contributed by atoms with Gasteiger partial charge in [0.25, 0.3) is 5.69 Å². The van der Waals surface area contributed by atoms with Crippen LogP contribution in [0.5, 0.6) is 0 Å². The van der Waals surface area contributed by atoms with E-state index < -0.39 is 28.3 Å². The minimum Gasteiger partial charge on any atom is -0.354 e. The van der Waals surface area contributed by atoms with Crippen LogP contribution in [0.3, 0.4) is 0 Å². The van der Waals surface area contributed by atoms with Gasteiger partial charge < -0.3 is 15.5 Å². The highest BCUT2D eigenvalue weighted by Crippen LogP contribution is 2.32. The zero-order chi connectivity index (χ0) is 20.9. The van der Waals surface area contributed by atoms with Crippen LogP contribution in [0.25, 0.3) is 0 Å². The molecular formula is C16H18F4N6O2. The Hall–Kier alpha value is -3.02. The molecule has 28 heavy (non-hydrogen) atoms. The maximum absolute atomic E-state index is 13.2. The van der Waals surface area contributed by atoms with E-state index in [1.807, 2.05) is 19.0 Å². The molecule has 8 nitrogen and oxygen atoms in total. The van der Waals surface area contributed by atoms with Crippen LogP contribution in [-0.4, -0.2) is 47.0 Å². The summed E-state index contributed by atoms with van der Waals surface area (Å²) in [5.41, 5.74) is -2.05. The van der Waals surface area contributed by atoms with Crippen molar-refractivity contribution in [3.63, 3.8) is 0 Å². The highest BCUT2D eigenvalue weighted by molar-refractivity contribution is 5.68. The Labute approximate surface area is 157 Å². The second-order valence-electron chi connectivity index (χ2n) is 6.09. The fraction of sp³-hybridized carbons (Fsp3) is 0.375. The van der Waals surface area contributed by atoms with E-state index in [4.69, 9.17) is 0 Å². The number of hydrogen-bond acceptors (Lipinski definition) is 7. The summed E-state index contributed by atoms with van der Waals surface area (Å²) < 4.78 is 52.6. The largest absolute Gasteiger partial charge is 0.433 e. The molecule has 0 fully saturated rings. The van der Waals surface area contributed by atoms with E-state index in [-0.39, 0.29) is 17.5 Å². The molecule has 2 N–H and O–H groups in total. The number of hydrogen-bond donors (Lipinski definition) is 2. The first kappa shape index (κ1) is 21.3. The third-order valence-electron chi connectivity index (χ3n) is 3.50. The molecule has 0 atom stereocenters. The predicted octanol–water partition coefficient (Wildman–Crippen LogP) is 3.65. The van der Waals surface area contributed by atoms with Crippen LogP contribution in [-0.2, 0) is 6.18 Å². The molecular weight excluding hydrogens is 384 g/mol. The van der Waals surface area contributed by atoms with Gasteiger partial charge in [0, 0.05) is 12.6 Å². The lowest BCUT2D eigenvalue weighted by Crippen LogP contribution is -2.18. The molecule has 0 amide bonds. The highest BCUT2D eigenvalue weighted by Gasteiger charge is 2.34. The topological polar surface area (TPSA) is 96.2 Å². The fourth-order valence-corrected chi connectivity index (χ4v) is 2.23. The van der Waals surface area contributed by atoms with Gasteiger partial charge in [-0.15, -0.1) is 0 Å². The van der Waals surface area contributed by atoms with E-state index in [0.29, 0.717) is 31.6 Å². The minimum atomic E-state index is -4.74. The van der Waals surface area contributed by atoms with Crippen molar-refractivity contribution >= 4 is 23.1 Å². The van der Waals surface area contributed by atoms with Crippen molar-refractivity contribution in [2.24, 2.45) is 0 Å². The molecule has 1 aromatic carbocycles. The third-order valence-corrected chi connectivity index (χ3v) is 3.50. The monoisotopic (exact) mass is 402 g/mol. The summed E-state index contributed by atoms with van der Waals surface area (Å²) in [6.45, 7) is 1.04. The summed E-state index contributed by atoms with van der Waals surface area (Å²) >= 11 is 0. The first-order valence-electron chi connectivity index (χ1n) is 8.12. The molecule has 0 aliphatic heterocycles. The van der Waals surface area contributed by atoms with Gasteiger partial charge in [0.15, 0.2) is 5.69 Å². The van der Waals surface area contributed by atoms with Crippen LogP contribution in [0, 0.1) is 15.9 Å². The van der Waals surface area contributed by atoms with Gasteiger partial charge in [0.2, 0.25) is 5.95 Å². The smallest absolute Gasteiger partial charge is 0.354 e. The van der Waals surface area contributed by atoms with Gasteiger partial charge in [-0.25, -0.2) is 9.37 Å². The number of anilines is 3. The maximum Gasteiger partial charge on any atom is 0.433 e. The summed E-state index contributed by atoms with van der Waals surface area (Å²) in [6.07, 6.45) is -4.10. The maximum atomic E-state index is 13.2. The first-order valence-corrected chi connectivity index (χ1v) is 8.12. The average molecular weight is 402 g/mol. The van der Waals surface area contributed by atoms with Gasteiger partial charge >= 0.3 is 6.18 Å². The Kier molecular flexibility index (Phi) is 6.67. The minimum absolute atomic E-state index is 0.197. The van der Waals surface area contributed by atoms with E-state index in [0.717, 1.165) is 12.1 Å². The van der Waals surface area contributed by atoms with Crippen molar-refractivity contribution in [3.05, 3.63) is 45.9 Å². The first-order chi connectivity index (χ1) is 13.1. The molecule has 12 heteroatoms. The number of nitro groups is 1. The molecule has 2 rings (SSSR count). The lowest BCUT2D eigenvalue weighted by Gasteiger charge is -2.14. The van der Waals surface area contributed by atoms with Gasteiger partial charge in [0.05, 0.1) is 11.0 Å². The van der Waals surface area contributed by atoms with Crippen LogP contribution in [0.4, 0.5) is 40.7 Å². The lowest BCUT2D eigenvalue weighted by molar-refractivity contribution is -0.384. The fourth-order valence-electron chi connectivity index (χ4n) is 2.23. The molecule has 0 aliphatic rings. The molecule has 2 aromatic rings. The van der Waals surface area contributed by atoms with Crippen molar-refractivity contribution < 1.29 is 22.5 Å². The molecule has 0 unspecified atom stereocenters. The number of aromatic nitrogens is 2. The summed E-state index contributed by atoms with van der Waals surface area (Å²) in [5, 5.41) is 16.2. The summed E-state index contributed by atoms with van der Waals surface area (Å²) in [7, 11) is 3.72. The summed E-state index contributed by atoms with van der Waals surface area (Å²) in [4.78, 5) is 19.5. The van der Waals surface area contributed by atoms with Crippen molar-refractivity contribution in [1.82, 2.24) is 14.9 Å². The standard InChI is InChI=1S/C16H18F4N6O2/c1-25(2)7-3-6-21-15-23-13(16(18,19)20)9-14(24-15)22-11-5-4-10(17)8-12(11)26(27)28/h4-5,8-9H,3,6-7H2,1-2H3,(H2,21,22,23,24). The zero-order valence-corrected chi connectivity index (χ0v) is 15.0. The second-order valence-corrected chi connectivity index (χ2v) is 6.09. The van der Waals surface area contributed by atoms with Gasteiger partial charge in [-0.05, 0) is 39.2 Å². The number of nitrogens with one attached hydrogen (secondary N) is 2.